The number of carbonyl (C=O) groups is 5. The van der Waals surface area contributed by atoms with Gasteiger partial charge in [-0.2, -0.15) is 0 Å². The van der Waals surface area contributed by atoms with E-state index < -0.39 is 55.0 Å². The SMILES string of the molecule is CC.CC.CC(C)C.CC/C=C\C=C(C)C.C[C@@H](C=O)NC(=O)CNC(=O)C(NC(=O)NCC(=O)O)C1CCN=C(N)N1.Cc1ccccc1. The van der Waals surface area contributed by atoms with Gasteiger partial charge in [-0.25, -0.2) is 4.79 Å². The summed E-state index contributed by atoms with van der Waals surface area (Å²) in [6.07, 6.45) is 8.38. The van der Waals surface area contributed by atoms with Gasteiger partial charge in [0, 0.05) is 6.54 Å². The van der Waals surface area contributed by atoms with Crippen LogP contribution in [0.3, 0.4) is 0 Å². The fourth-order valence-corrected chi connectivity index (χ4v) is 3.13. The highest BCUT2D eigenvalue weighted by Crippen LogP contribution is 2.05. The molecule has 1 aromatic carbocycles. The zero-order valence-corrected chi connectivity index (χ0v) is 32.6. The Labute approximate surface area is 301 Å². The zero-order chi connectivity index (χ0) is 39.5. The highest BCUT2D eigenvalue weighted by Gasteiger charge is 2.32. The summed E-state index contributed by atoms with van der Waals surface area (Å²) in [5.41, 5.74) is 8.27. The Bertz CT molecular complexity index is 1130. The number of carboxylic acid groups (broad SMARTS) is 1. The number of amides is 4. The molecular weight excluding hydrogens is 638 g/mol. The Kier molecular flexibility index (Phi) is 37.1. The van der Waals surface area contributed by atoms with E-state index in [1.807, 2.05) is 45.9 Å². The van der Waals surface area contributed by atoms with Crippen molar-refractivity contribution in [1.82, 2.24) is 26.6 Å². The van der Waals surface area contributed by atoms with Crippen molar-refractivity contribution in [3.63, 3.8) is 0 Å². The average molecular weight is 706 g/mol. The number of carboxylic acids is 1. The first-order valence-electron chi connectivity index (χ1n) is 17.3. The lowest BCUT2D eigenvalue weighted by Gasteiger charge is -2.30. The van der Waals surface area contributed by atoms with Crippen LogP contribution in [-0.2, 0) is 19.2 Å². The number of urea groups is 1. The van der Waals surface area contributed by atoms with Crippen LogP contribution in [0.4, 0.5) is 4.79 Å². The third kappa shape index (κ3) is 36.2. The molecular formula is C37H67N7O6. The summed E-state index contributed by atoms with van der Waals surface area (Å²) in [6, 6.07) is 6.91. The summed E-state index contributed by atoms with van der Waals surface area (Å²) in [5.74, 6) is -1.61. The number of rotatable bonds is 11. The van der Waals surface area contributed by atoms with Crippen molar-refractivity contribution >= 4 is 36.1 Å². The molecule has 1 aromatic rings. The Morgan fingerprint density at radius 2 is 1.54 bits per heavy atom. The van der Waals surface area contributed by atoms with E-state index in [9.17, 15) is 24.0 Å². The van der Waals surface area contributed by atoms with Crippen molar-refractivity contribution in [3.8, 4) is 0 Å². The lowest BCUT2D eigenvalue weighted by atomic mass is 10.0. The van der Waals surface area contributed by atoms with Gasteiger partial charge in [0.25, 0.3) is 0 Å². The molecule has 0 aliphatic carbocycles. The highest BCUT2D eigenvalue weighted by molar-refractivity contribution is 5.92. The quantitative estimate of drug-likeness (QED) is 0.125. The molecule has 1 aliphatic rings. The van der Waals surface area contributed by atoms with E-state index in [1.54, 1.807) is 0 Å². The van der Waals surface area contributed by atoms with Crippen molar-refractivity contribution in [2.75, 3.05) is 19.6 Å². The molecule has 2 rings (SSSR count). The average Bonchev–Trinajstić information content (AvgIpc) is 3.07. The third-order valence-electron chi connectivity index (χ3n) is 5.18. The molecule has 1 aliphatic heterocycles. The molecule has 0 saturated heterocycles. The number of aldehydes is 1. The van der Waals surface area contributed by atoms with Crippen LogP contribution in [0.2, 0.25) is 0 Å². The standard InChI is InChI=1S/C14H23N7O6.C8H14.C7H8.C4H10.2C2H6/c1-7(6-22)19-9(23)4-17-12(26)11(8-2-3-16-13(15)20-8)21-14(27)18-5-10(24)25;1-4-5-6-7-8(2)3;1-7-5-3-2-4-6-7;1-4(2)3;2*1-2/h6-8,11H,2-5H2,1H3,(H,17,26)(H,19,23)(H,24,25)(H3,15,16,20)(H2,18,21,27);5-7H,4H2,1-3H3;2-6H,1H3;4H,1-3H3;2*1-2H3/b;6-5-;;;;/t7-,8?,11?;;;;;/m0...../s1. The molecule has 0 bridgehead atoms. The number of hydrogen-bond acceptors (Lipinski definition) is 8. The smallest absolute Gasteiger partial charge is 0.323 e. The maximum absolute atomic E-state index is 12.4. The summed E-state index contributed by atoms with van der Waals surface area (Å²) >= 11 is 0. The van der Waals surface area contributed by atoms with Crippen LogP contribution in [0.1, 0.15) is 94.6 Å². The summed E-state index contributed by atoms with van der Waals surface area (Å²) in [6.45, 7) is 23.7. The van der Waals surface area contributed by atoms with Crippen molar-refractivity contribution in [2.24, 2.45) is 16.6 Å². The summed E-state index contributed by atoms with van der Waals surface area (Å²) < 4.78 is 0. The highest BCUT2D eigenvalue weighted by atomic mass is 16.4. The molecule has 0 radical (unpaired) electrons. The molecule has 8 N–H and O–H groups in total. The minimum absolute atomic E-state index is 0.0920. The van der Waals surface area contributed by atoms with E-state index in [1.165, 1.54) is 18.1 Å². The summed E-state index contributed by atoms with van der Waals surface area (Å²) in [5, 5.41) is 20.5. The first kappa shape index (κ1) is 52.1. The Balaban J connectivity index is -0.000000370. The van der Waals surface area contributed by atoms with Crippen LogP contribution < -0.4 is 32.3 Å². The molecule has 0 aromatic heterocycles. The molecule has 0 fully saturated rings. The lowest BCUT2D eigenvalue weighted by molar-refractivity contribution is -0.135. The Morgan fingerprint density at radius 1 is 0.980 bits per heavy atom. The van der Waals surface area contributed by atoms with E-state index >= 15 is 0 Å². The van der Waals surface area contributed by atoms with Gasteiger partial charge in [0.1, 0.15) is 18.9 Å². The topological polar surface area (TPSA) is 204 Å². The molecule has 4 amide bonds. The zero-order valence-electron chi connectivity index (χ0n) is 32.6. The van der Waals surface area contributed by atoms with Gasteiger partial charge in [-0.1, -0.05) is 115 Å². The Hall–Kier alpha value is -4.68. The van der Waals surface area contributed by atoms with E-state index in [0.717, 1.165) is 12.3 Å². The van der Waals surface area contributed by atoms with Gasteiger partial charge < -0.3 is 42.2 Å². The number of nitrogens with zero attached hydrogens (tertiary/aromatic N) is 1. The van der Waals surface area contributed by atoms with Crippen molar-refractivity contribution in [1.29, 1.82) is 0 Å². The number of carbonyl (C=O) groups excluding carboxylic acids is 4. The summed E-state index contributed by atoms with van der Waals surface area (Å²) in [4.78, 5) is 60.9. The molecule has 2 unspecified atom stereocenters. The number of allylic oxidation sites excluding steroid dienone is 4. The molecule has 13 nitrogen and oxygen atoms in total. The fourth-order valence-electron chi connectivity index (χ4n) is 3.13. The number of guanidine groups is 1. The van der Waals surface area contributed by atoms with Gasteiger partial charge in [0.05, 0.1) is 18.6 Å². The summed E-state index contributed by atoms with van der Waals surface area (Å²) in [7, 11) is 0. The number of aliphatic imine (C=N–C) groups is 1. The van der Waals surface area contributed by atoms with E-state index in [4.69, 9.17) is 10.8 Å². The van der Waals surface area contributed by atoms with Crippen LogP contribution >= 0.6 is 0 Å². The normalized spacial score (nSPS) is 13.5. The molecule has 286 valence electrons. The first-order valence-corrected chi connectivity index (χ1v) is 17.3. The van der Waals surface area contributed by atoms with Gasteiger partial charge in [-0.05, 0) is 46.5 Å². The predicted molar refractivity (Wildman–Crippen MR) is 206 cm³/mol. The van der Waals surface area contributed by atoms with Crippen LogP contribution in [0.5, 0.6) is 0 Å². The molecule has 13 heteroatoms. The van der Waals surface area contributed by atoms with Crippen LogP contribution in [0.15, 0.2) is 59.1 Å². The largest absolute Gasteiger partial charge is 0.480 e. The number of aryl methyl sites for hydroxylation is 1. The number of aliphatic carboxylic acids is 1. The third-order valence-corrected chi connectivity index (χ3v) is 5.18. The second-order valence-corrected chi connectivity index (χ2v) is 11.2. The molecule has 1 heterocycles. The van der Waals surface area contributed by atoms with Crippen molar-refractivity contribution in [3.05, 3.63) is 59.7 Å². The number of hydrogen-bond donors (Lipinski definition) is 7. The maximum Gasteiger partial charge on any atom is 0.323 e. The minimum atomic E-state index is -1.25. The molecule has 0 saturated carbocycles. The van der Waals surface area contributed by atoms with Crippen LogP contribution in [-0.4, -0.2) is 78.9 Å². The molecule has 3 atom stereocenters. The number of benzene rings is 1. The van der Waals surface area contributed by atoms with Crippen molar-refractivity contribution in [2.45, 2.75) is 114 Å². The molecule has 0 spiro atoms. The van der Waals surface area contributed by atoms with Gasteiger partial charge in [0.15, 0.2) is 5.96 Å². The van der Waals surface area contributed by atoms with Gasteiger partial charge in [-0.3, -0.25) is 19.4 Å². The predicted octanol–water partition coefficient (Wildman–Crippen LogP) is 4.86. The number of nitrogens with two attached hydrogens (primary N) is 1. The van der Waals surface area contributed by atoms with Gasteiger partial charge in [0.2, 0.25) is 11.8 Å². The monoisotopic (exact) mass is 706 g/mol. The van der Waals surface area contributed by atoms with E-state index in [0.29, 0.717) is 19.3 Å². The molecule has 50 heavy (non-hydrogen) atoms. The van der Waals surface area contributed by atoms with Crippen LogP contribution in [0.25, 0.3) is 0 Å². The van der Waals surface area contributed by atoms with Crippen LogP contribution in [0, 0.1) is 12.8 Å². The second kappa shape index (κ2) is 35.6. The second-order valence-electron chi connectivity index (χ2n) is 11.2. The fraction of sp³-hybridized carbons (Fsp3) is 0.568. The number of nitrogens with one attached hydrogen (secondary N) is 5. The lowest BCUT2D eigenvalue weighted by Crippen LogP contribution is -2.62. The van der Waals surface area contributed by atoms with Crippen molar-refractivity contribution < 1.29 is 29.1 Å². The minimum Gasteiger partial charge on any atom is -0.480 e. The Morgan fingerprint density at radius 3 is 1.96 bits per heavy atom. The van der Waals surface area contributed by atoms with Gasteiger partial charge in [-0.15, -0.1) is 0 Å². The van der Waals surface area contributed by atoms with E-state index in [-0.39, 0.29) is 5.96 Å². The maximum atomic E-state index is 12.4. The van der Waals surface area contributed by atoms with E-state index in [2.05, 4.69) is 110 Å². The van der Waals surface area contributed by atoms with Gasteiger partial charge >= 0.3 is 12.0 Å². The first-order chi connectivity index (χ1) is 23.6.